The SMILES string of the molecule is COCC(COC)c1ccccc1. The minimum Gasteiger partial charge on any atom is -0.384 e. The van der Waals surface area contributed by atoms with Crippen LogP contribution in [0.5, 0.6) is 0 Å². The van der Waals surface area contributed by atoms with E-state index in [1.807, 2.05) is 18.2 Å². The van der Waals surface area contributed by atoms with Crippen LogP contribution in [0, 0.1) is 0 Å². The Hall–Kier alpha value is -0.860. The molecule has 0 aliphatic carbocycles. The van der Waals surface area contributed by atoms with E-state index < -0.39 is 0 Å². The van der Waals surface area contributed by atoms with Crippen LogP contribution >= 0.6 is 0 Å². The van der Waals surface area contributed by atoms with Gasteiger partial charge in [0.05, 0.1) is 13.2 Å². The van der Waals surface area contributed by atoms with Crippen LogP contribution in [-0.2, 0) is 9.47 Å². The molecule has 0 aliphatic heterocycles. The fraction of sp³-hybridized carbons (Fsp3) is 0.455. The van der Waals surface area contributed by atoms with Gasteiger partial charge in [-0.15, -0.1) is 0 Å². The highest BCUT2D eigenvalue weighted by atomic mass is 16.5. The van der Waals surface area contributed by atoms with Crippen LogP contribution < -0.4 is 0 Å². The third-order valence-electron chi connectivity index (χ3n) is 2.01. The van der Waals surface area contributed by atoms with Crippen molar-refractivity contribution in [2.45, 2.75) is 5.92 Å². The summed E-state index contributed by atoms with van der Waals surface area (Å²) in [6.07, 6.45) is 0. The smallest absolute Gasteiger partial charge is 0.0553 e. The van der Waals surface area contributed by atoms with Crippen molar-refractivity contribution in [3.63, 3.8) is 0 Å². The van der Waals surface area contributed by atoms with Crippen molar-refractivity contribution in [2.24, 2.45) is 0 Å². The third-order valence-corrected chi connectivity index (χ3v) is 2.01. The maximum Gasteiger partial charge on any atom is 0.0553 e. The molecule has 0 atom stereocenters. The van der Waals surface area contributed by atoms with E-state index in [9.17, 15) is 0 Å². The lowest BCUT2D eigenvalue weighted by Crippen LogP contribution is -2.12. The van der Waals surface area contributed by atoms with Gasteiger partial charge in [-0.25, -0.2) is 0 Å². The van der Waals surface area contributed by atoms with E-state index in [1.165, 1.54) is 5.56 Å². The second kappa shape index (κ2) is 5.73. The van der Waals surface area contributed by atoms with Crippen LogP contribution in [0.4, 0.5) is 0 Å². The van der Waals surface area contributed by atoms with Gasteiger partial charge in [0.2, 0.25) is 0 Å². The summed E-state index contributed by atoms with van der Waals surface area (Å²) in [6, 6.07) is 10.3. The van der Waals surface area contributed by atoms with Crippen molar-refractivity contribution < 1.29 is 9.47 Å². The van der Waals surface area contributed by atoms with Crippen molar-refractivity contribution in [1.29, 1.82) is 0 Å². The van der Waals surface area contributed by atoms with Crippen molar-refractivity contribution in [1.82, 2.24) is 0 Å². The van der Waals surface area contributed by atoms with E-state index in [0.29, 0.717) is 19.1 Å². The Bertz CT molecular complexity index is 215. The van der Waals surface area contributed by atoms with E-state index in [1.54, 1.807) is 14.2 Å². The third kappa shape index (κ3) is 3.17. The first kappa shape index (κ1) is 10.2. The van der Waals surface area contributed by atoms with Gasteiger partial charge in [-0.3, -0.25) is 0 Å². The van der Waals surface area contributed by atoms with Gasteiger partial charge >= 0.3 is 0 Å². The molecule has 13 heavy (non-hydrogen) atoms. The van der Waals surface area contributed by atoms with Crippen molar-refractivity contribution >= 4 is 0 Å². The number of rotatable bonds is 5. The first-order valence-corrected chi connectivity index (χ1v) is 4.41. The molecular weight excluding hydrogens is 164 g/mol. The maximum absolute atomic E-state index is 5.13. The summed E-state index contributed by atoms with van der Waals surface area (Å²) in [5.74, 6) is 0.344. The molecule has 0 saturated carbocycles. The number of methoxy groups -OCH3 is 2. The molecule has 0 spiro atoms. The average molecular weight is 180 g/mol. The molecule has 0 amide bonds. The van der Waals surface area contributed by atoms with E-state index >= 15 is 0 Å². The molecule has 0 unspecified atom stereocenters. The van der Waals surface area contributed by atoms with E-state index in [-0.39, 0.29) is 0 Å². The second-order valence-corrected chi connectivity index (χ2v) is 3.02. The van der Waals surface area contributed by atoms with Gasteiger partial charge in [-0.1, -0.05) is 30.3 Å². The molecule has 2 nitrogen and oxygen atoms in total. The zero-order valence-corrected chi connectivity index (χ0v) is 8.19. The van der Waals surface area contributed by atoms with E-state index in [0.717, 1.165) is 0 Å². The minimum atomic E-state index is 0.344. The average Bonchev–Trinajstić information content (AvgIpc) is 2.19. The zero-order valence-electron chi connectivity index (χ0n) is 8.19. The molecule has 0 radical (unpaired) electrons. The molecule has 2 heteroatoms. The van der Waals surface area contributed by atoms with Gasteiger partial charge in [0, 0.05) is 20.1 Å². The van der Waals surface area contributed by atoms with E-state index in [2.05, 4.69) is 12.1 Å². The van der Waals surface area contributed by atoms with Gasteiger partial charge in [0.1, 0.15) is 0 Å². The number of hydrogen-bond donors (Lipinski definition) is 0. The van der Waals surface area contributed by atoms with Crippen LogP contribution in [0.15, 0.2) is 30.3 Å². The molecule has 1 aromatic carbocycles. The van der Waals surface area contributed by atoms with Crippen LogP contribution in [0.3, 0.4) is 0 Å². The number of ether oxygens (including phenoxy) is 2. The lowest BCUT2D eigenvalue weighted by Gasteiger charge is -2.14. The van der Waals surface area contributed by atoms with Gasteiger partial charge in [0.15, 0.2) is 0 Å². The summed E-state index contributed by atoms with van der Waals surface area (Å²) in [5, 5.41) is 0. The summed E-state index contributed by atoms with van der Waals surface area (Å²) < 4.78 is 10.3. The van der Waals surface area contributed by atoms with Crippen molar-refractivity contribution in [3.8, 4) is 0 Å². The maximum atomic E-state index is 5.13. The Morgan fingerprint density at radius 3 is 2.00 bits per heavy atom. The largest absolute Gasteiger partial charge is 0.384 e. The predicted molar refractivity (Wildman–Crippen MR) is 52.9 cm³/mol. The van der Waals surface area contributed by atoms with Crippen LogP contribution in [0.1, 0.15) is 11.5 Å². The molecule has 0 aliphatic rings. The summed E-state index contributed by atoms with van der Waals surface area (Å²) in [4.78, 5) is 0. The standard InChI is InChI=1S/C11H16O2/c1-12-8-11(9-13-2)10-6-4-3-5-7-10/h3-7,11H,8-9H2,1-2H3. The van der Waals surface area contributed by atoms with Gasteiger partial charge in [-0.05, 0) is 5.56 Å². The lowest BCUT2D eigenvalue weighted by molar-refractivity contribution is 0.117. The molecule has 0 fully saturated rings. The summed E-state index contributed by atoms with van der Waals surface area (Å²) in [5.41, 5.74) is 1.27. The Labute approximate surface area is 79.5 Å². The number of hydrogen-bond acceptors (Lipinski definition) is 2. The second-order valence-electron chi connectivity index (χ2n) is 3.02. The highest BCUT2D eigenvalue weighted by Gasteiger charge is 2.09. The van der Waals surface area contributed by atoms with Crippen molar-refractivity contribution in [2.75, 3.05) is 27.4 Å². The summed E-state index contributed by atoms with van der Waals surface area (Å²) >= 11 is 0. The first-order valence-electron chi connectivity index (χ1n) is 4.41. The molecule has 0 N–H and O–H groups in total. The molecule has 1 aromatic rings. The monoisotopic (exact) mass is 180 g/mol. The normalized spacial score (nSPS) is 10.7. The Morgan fingerprint density at radius 1 is 1.00 bits per heavy atom. The molecule has 1 rings (SSSR count). The van der Waals surface area contributed by atoms with Crippen LogP contribution in [-0.4, -0.2) is 27.4 Å². The summed E-state index contributed by atoms with van der Waals surface area (Å²) in [7, 11) is 3.43. The first-order chi connectivity index (χ1) is 6.38. The van der Waals surface area contributed by atoms with Gasteiger partial charge < -0.3 is 9.47 Å². The van der Waals surface area contributed by atoms with Gasteiger partial charge in [-0.2, -0.15) is 0 Å². The molecule has 72 valence electrons. The predicted octanol–water partition coefficient (Wildman–Crippen LogP) is 2.06. The fourth-order valence-electron chi connectivity index (χ4n) is 1.37. The molecule has 0 aromatic heterocycles. The van der Waals surface area contributed by atoms with E-state index in [4.69, 9.17) is 9.47 Å². The fourth-order valence-corrected chi connectivity index (χ4v) is 1.37. The Kier molecular flexibility index (Phi) is 4.50. The molecular formula is C11H16O2. The highest BCUT2D eigenvalue weighted by molar-refractivity contribution is 5.19. The molecule has 0 bridgehead atoms. The Morgan fingerprint density at radius 2 is 1.54 bits per heavy atom. The highest BCUT2D eigenvalue weighted by Crippen LogP contribution is 2.15. The molecule has 0 saturated heterocycles. The topological polar surface area (TPSA) is 18.5 Å². The van der Waals surface area contributed by atoms with Gasteiger partial charge in [0.25, 0.3) is 0 Å². The minimum absolute atomic E-state index is 0.344. The molecule has 0 heterocycles. The van der Waals surface area contributed by atoms with Crippen molar-refractivity contribution in [3.05, 3.63) is 35.9 Å². The number of benzene rings is 1. The van der Waals surface area contributed by atoms with Crippen LogP contribution in [0.2, 0.25) is 0 Å². The summed E-state index contributed by atoms with van der Waals surface area (Å²) in [6.45, 7) is 1.41. The lowest BCUT2D eigenvalue weighted by atomic mass is 10.0. The zero-order chi connectivity index (χ0) is 9.52. The quantitative estimate of drug-likeness (QED) is 0.690. The Balaban J connectivity index is 2.64. The van der Waals surface area contributed by atoms with Crippen LogP contribution in [0.25, 0.3) is 0 Å².